The van der Waals surface area contributed by atoms with Crippen molar-refractivity contribution in [2.45, 2.75) is 32.7 Å². The molecule has 1 saturated heterocycles. The number of hydrogen-bond acceptors (Lipinski definition) is 3. The van der Waals surface area contributed by atoms with Crippen molar-refractivity contribution >= 4 is 11.6 Å². The third-order valence-electron chi connectivity index (χ3n) is 4.65. The summed E-state index contributed by atoms with van der Waals surface area (Å²) in [4.78, 5) is 19.0. The van der Waals surface area contributed by atoms with E-state index in [-0.39, 0.29) is 5.91 Å². The zero-order valence-corrected chi connectivity index (χ0v) is 14.2. The van der Waals surface area contributed by atoms with Crippen molar-refractivity contribution < 1.29 is 4.79 Å². The standard InChI is InChI=1S/C20H25N3O/c1-16-6-5-12-23(13-10-16)18-9-11-21-19(14-18)20(24)22-15-17-7-3-2-4-8-17/h2-4,7-9,11,14,16H,5-6,10,12-13,15H2,1H3,(H,22,24). The summed E-state index contributed by atoms with van der Waals surface area (Å²) in [6.45, 7) is 4.95. The van der Waals surface area contributed by atoms with Crippen LogP contribution in [0.25, 0.3) is 0 Å². The molecular weight excluding hydrogens is 298 g/mol. The van der Waals surface area contributed by atoms with E-state index in [1.807, 2.05) is 42.5 Å². The molecule has 0 aliphatic carbocycles. The van der Waals surface area contributed by atoms with E-state index in [2.05, 4.69) is 22.1 Å². The van der Waals surface area contributed by atoms with Crippen LogP contribution in [0.5, 0.6) is 0 Å². The third-order valence-corrected chi connectivity index (χ3v) is 4.65. The summed E-state index contributed by atoms with van der Waals surface area (Å²) in [6.07, 6.45) is 5.43. The van der Waals surface area contributed by atoms with Crippen LogP contribution >= 0.6 is 0 Å². The molecule has 1 aliphatic heterocycles. The second kappa shape index (κ2) is 7.95. The van der Waals surface area contributed by atoms with Crippen LogP contribution in [-0.4, -0.2) is 24.0 Å². The summed E-state index contributed by atoms with van der Waals surface area (Å²) in [7, 11) is 0. The van der Waals surface area contributed by atoms with Crippen molar-refractivity contribution in [3.63, 3.8) is 0 Å². The van der Waals surface area contributed by atoms with Gasteiger partial charge in [0.15, 0.2) is 0 Å². The fourth-order valence-corrected chi connectivity index (χ4v) is 3.13. The van der Waals surface area contributed by atoms with Gasteiger partial charge in [-0.15, -0.1) is 0 Å². The molecule has 1 fully saturated rings. The molecule has 1 aromatic carbocycles. The fourth-order valence-electron chi connectivity index (χ4n) is 3.13. The second-order valence-corrected chi connectivity index (χ2v) is 6.59. The van der Waals surface area contributed by atoms with Gasteiger partial charge < -0.3 is 10.2 Å². The van der Waals surface area contributed by atoms with E-state index < -0.39 is 0 Å². The van der Waals surface area contributed by atoms with Crippen LogP contribution in [0.3, 0.4) is 0 Å². The van der Waals surface area contributed by atoms with Gasteiger partial charge in [-0.1, -0.05) is 37.3 Å². The first-order valence-electron chi connectivity index (χ1n) is 8.75. The van der Waals surface area contributed by atoms with E-state index in [4.69, 9.17) is 0 Å². The molecule has 1 aromatic heterocycles. The molecule has 1 unspecified atom stereocenters. The molecule has 2 aromatic rings. The largest absolute Gasteiger partial charge is 0.371 e. The molecule has 1 N–H and O–H groups in total. The van der Waals surface area contributed by atoms with Crippen LogP contribution in [-0.2, 0) is 6.54 Å². The average molecular weight is 323 g/mol. The van der Waals surface area contributed by atoms with Gasteiger partial charge in [-0.2, -0.15) is 0 Å². The Labute approximate surface area is 143 Å². The van der Waals surface area contributed by atoms with Crippen molar-refractivity contribution in [2.75, 3.05) is 18.0 Å². The van der Waals surface area contributed by atoms with E-state index in [0.717, 1.165) is 30.3 Å². The van der Waals surface area contributed by atoms with Crippen LogP contribution in [0.2, 0.25) is 0 Å². The highest BCUT2D eigenvalue weighted by Crippen LogP contribution is 2.22. The van der Waals surface area contributed by atoms with Crippen molar-refractivity contribution in [3.8, 4) is 0 Å². The number of benzene rings is 1. The first-order valence-corrected chi connectivity index (χ1v) is 8.75. The maximum Gasteiger partial charge on any atom is 0.270 e. The Kier molecular flexibility index (Phi) is 5.47. The zero-order valence-electron chi connectivity index (χ0n) is 14.2. The normalized spacial score (nSPS) is 18.0. The number of pyridine rings is 1. The summed E-state index contributed by atoms with van der Waals surface area (Å²) in [6, 6.07) is 13.8. The van der Waals surface area contributed by atoms with Gasteiger partial charge in [-0.25, -0.2) is 0 Å². The minimum atomic E-state index is -0.121. The van der Waals surface area contributed by atoms with E-state index in [1.165, 1.54) is 19.3 Å². The number of nitrogens with zero attached hydrogens (tertiary/aromatic N) is 2. The number of amides is 1. The van der Waals surface area contributed by atoms with E-state index >= 15 is 0 Å². The van der Waals surface area contributed by atoms with Crippen molar-refractivity contribution in [1.29, 1.82) is 0 Å². The van der Waals surface area contributed by atoms with Gasteiger partial charge in [0.2, 0.25) is 0 Å². The molecule has 0 spiro atoms. The van der Waals surface area contributed by atoms with E-state index in [9.17, 15) is 4.79 Å². The number of carbonyl (C=O) groups excluding carboxylic acids is 1. The van der Waals surface area contributed by atoms with Gasteiger partial charge in [-0.3, -0.25) is 9.78 Å². The van der Waals surface area contributed by atoms with Gasteiger partial charge in [0.05, 0.1) is 0 Å². The first-order chi connectivity index (χ1) is 11.7. The highest BCUT2D eigenvalue weighted by Gasteiger charge is 2.16. The van der Waals surface area contributed by atoms with Crippen LogP contribution in [0, 0.1) is 5.92 Å². The van der Waals surface area contributed by atoms with Crippen LogP contribution < -0.4 is 10.2 Å². The Balaban J connectivity index is 1.64. The lowest BCUT2D eigenvalue weighted by atomic mass is 10.0. The lowest BCUT2D eigenvalue weighted by molar-refractivity contribution is 0.0946. The van der Waals surface area contributed by atoms with Crippen molar-refractivity contribution in [3.05, 3.63) is 59.9 Å². The number of anilines is 1. The molecule has 1 aliphatic rings. The van der Waals surface area contributed by atoms with Crippen molar-refractivity contribution in [1.82, 2.24) is 10.3 Å². The topological polar surface area (TPSA) is 45.2 Å². The van der Waals surface area contributed by atoms with Crippen LogP contribution in [0.4, 0.5) is 5.69 Å². The van der Waals surface area contributed by atoms with Gasteiger partial charge in [-0.05, 0) is 42.9 Å². The van der Waals surface area contributed by atoms with Gasteiger partial charge in [0.1, 0.15) is 5.69 Å². The van der Waals surface area contributed by atoms with Gasteiger partial charge in [0, 0.05) is 31.5 Å². The molecule has 0 bridgehead atoms. The minimum Gasteiger partial charge on any atom is -0.371 e. The summed E-state index contributed by atoms with van der Waals surface area (Å²) in [5.41, 5.74) is 2.67. The molecule has 3 rings (SSSR count). The maximum absolute atomic E-state index is 12.4. The predicted octanol–water partition coefficient (Wildman–Crippen LogP) is 3.64. The highest BCUT2D eigenvalue weighted by atomic mass is 16.1. The Morgan fingerprint density at radius 2 is 2.04 bits per heavy atom. The Morgan fingerprint density at radius 3 is 2.88 bits per heavy atom. The molecule has 1 atom stereocenters. The van der Waals surface area contributed by atoms with Crippen LogP contribution in [0.1, 0.15) is 42.2 Å². The third kappa shape index (κ3) is 4.34. The molecule has 2 heterocycles. The summed E-state index contributed by atoms with van der Waals surface area (Å²) >= 11 is 0. The lowest BCUT2D eigenvalue weighted by Gasteiger charge is -2.23. The number of nitrogens with one attached hydrogen (secondary N) is 1. The first kappa shape index (κ1) is 16.5. The maximum atomic E-state index is 12.4. The molecular formula is C20H25N3O. The summed E-state index contributed by atoms with van der Waals surface area (Å²) in [5.74, 6) is 0.661. The van der Waals surface area contributed by atoms with Gasteiger partial charge in [0.25, 0.3) is 5.91 Å². The molecule has 0 radical (unpaired) electrons. The Morgan fingerprint density at radius 1 is 1.21 bits per heavy atom. The number of hydrogen-bond donors (Lipinski definition) is 1. The van der Waals surface area contributed by atoms with Crippen molar-refractivity contribution in [2.24, 2.45) is 5.92 Å². The molecule has 0 saturated carbocycles. The molecule has 126 valence electrons. The van der Waals surface area contributed by atoms with Crippen LogP contribution in [0.15, 0.2) is 48.7 Å². The molecule has 1 amide bonds. The highest BCUT2D eigenvalue weighted by molar-refractivity contribution is 5.93. The molecule has 4 nitrogen and oxygen atoms in total. The Hall–Kier alpha value is -2.36. The SMILES string of the molecule is CC1CCCN(c2ccnc(C(=O)NCc3ccccc3)c2)CC1. The smallest absolute Gasteiger partial charge is 0.270 e. The molecule has 4 heteroatoms. The van der Waals surface area contributed by atoms with E-state index in [0.29, 0.717) is 12.2 Å². The number of carbonyl (C=O) groups is 1. The summed E-state index contributed by atoms with van der Waals surface area (Å²) < 4.78 is 0. The minimum absolute atomic E-state index is 0.121. The monoisotopic (exact) mass is 323 g/mol. The Bertz CT molecular complexity index is 672. The van der Waals surface area contributed by atoms with Gasteiger partial charge >= 0.3 is 0 Å². The second-order valence-electron chi connectivity index (χ2n) is 6.59. The lowest BCUT2D eigenvalue weighted by Crippen LogP contribution is -2.26. The predicted molar refractivity (Wildman–Crippen MR) is 97.1 cm³/mol. The summed E-state index contributed by atoms with van der Waals surface area (Å²) in [5, 5.41) is 2.94. The fraction of sp³-hybridized carbons (Fsp3) is 0.400. The number of aromatic nitrogens is 1. The number of rotatable bonds is 4. The molecule has 24 heavy (non-hydrogen) atoms. The quantitative estimate of drug-likeness (QED) is 0.934. The zero-order chi connectivity index (χ0) is 16.8. The van der Waals surface area contributed by atoms with E-state index in [1.54, 1.807) is 6.20 Å². The average Bonchev–Trinajstić information content (AvgIpc) is 2.85.